The molecule has 0 radical (unpaired) electrons. The van der Waals surface area contributed by atoms with Crippen molar-refractivity contribution in [2.45, 2.75) is 86.5 Å². The topological polar surface area (TPSA) is 0 Å². The Bertz CT molecular complexity index is 664. The minimum absolute atomic E-state index is 0.529. The maximum Gasteiger partial charge on any atom is -0.0140 e. The van der Waals surface area contributed by atoms with Crippen molar-refractivity contribution in [2.24, 2.45) is 52.3 Å². The summed E-state index contributed by atoms with van der Waals surface area (Å²) in [5, 5.41) is 0. The molecule has 0 heteroatoms. The fraction of sp³-hybridized carbons (Fsp3) is 0.786. The van der Waals surface area contributed by atoms with Gasteiger partial charge in [0.2, 0.25) is 0 Å². The predicted molar refractivity (Wildman–Crippen MR) is 122 cm³/mol. The van der Waals surface area contributed by atoms with Crippen LogP contribution in [0.4, 0.5) is 0 Å². The molecular weight excluding hydrogens is 336 g/mol. The first kappa shape index (κ1) is 20.5. The van der Waals surface area contributed by atoms with Gasteiger partial charge in [-0.15, -0.1) is 0 Å². The molecule has 0 bridgehead atoms. The zero-order valence-corrected chi connectivity index (χ0v) is 19.4. The number of rotatable bonds is 4. The minimum Gasteiger partial charge on any atom is -0.0882 e. The third-order valence-corrected chi connectivity index (χ3v) is 10.1. The largest absolute Gasteiger partial charge is 0.0882 e. The molecule has 0 aromatic heterocycles. The lowest BCUT2D eigenvalue weighted by atomic mass is 9.48. The van der Waals surface area contributed by atoms with E-state index >= 15 is 0 Å². The molecule has 4 aliphatic carbocycles. The fourth-order valence-corrected chi connectivity index (χ4v) is 7.71. The Morgan fingerprint density at radius 3 is 2.39 bits per heavy atom. The van der Waals surface area contributed by atoms with Crippen LogP contribution < -0.4 is 0 Å². The molecule has 2 fully saturated rings. The molecular formula is C28H44. The van der Waals surface area contributed by atoms with Gasteiger partial charge in [0.1, 0.15) is 0 Å². The van der Waals surface area contributed by atoms with Crippen molar-refractivity contribution in [3.05, 3.63) is 36.0 Å². The van der Waals surface area contributed by atoms with Gasteiger partial charge in [-0.2, -0.15) is 0 Å². The predicted octanol–water partition coefficient (Wildman–Crippen LogP) is 8.22. The highest BCUT2D eigenvalue weighted by molar-refractivity contribution is 5.29. The molecule has 8 atom stereocenters. The summed E-state index contributed by atoms with van der Waals surface area (Å²) in [7, 11) is 0. The van der Waals surface area contributed by atoms with Gasteiger partial charge in [0.25, 0.3) is 0 Å². The van der Waals surface area contributed by atoms with Gasteiger partial charge in [-0.1, -0.05) is 77.5 Å². The first-order valence-electron chi connectivity index (χ1n) is 12.3. The van der Waals surface area contributed by atoms with Crippen LogP contribution >= 0.6 is 0 Å². The minimum atomic E-state index is 0.529. The quantitative estimate of drug-likeness (QED) is 0.431. The molecule has 0 unspecified atom stereocenters. The molecule has 0 nitrogen and oxygen atoms in total. The molecule has 0 saturated heterocycles. The average Bonchev–Trinajstić information content (AvgIpc) is 3.02. The van der Waals surface area contributed by atoms with E-state index in [-0.39, 0.29) is 0 Å². The van der Waals surface area contributed by atoms with Crippen LogP contribution in [0.5, 0.6) is 0 Å². The second-order valence-corrected chi connectivity index (χ2v) is 11.7. The van der Waals surface area contributed by atoms with Gasteiger partial charge in [-0.3, -0.25) is 0 Å². The molecule has 156 valence electrons. The molecule has 0 spiro atoms. The van der Waals surface area contributed by atoms with Gasteiger partial charge in [0, 0.05) is 0 Å². The van der Waals surface area contributed by atoms with Crippen molar-refractivity contribution in [3.8, 4) is 0 Å². The highest BCUT2D eigenvalue weighted by Gasteiger charge is 2.57. The molecule has 0 aromatic carbocycles. The van der Waals surface area contributed by atoms with E-state index < -0.39 is 0 Å². The van der Waals surface area contributed by atoms with Gasteiger partial charge >= 0.3 is 0 Å². The summed E-state index contributed by atoms with van der Waals surface area (Å²) in [5.74, 6) is 5.65. The van der Waals surface area contributed by atoms with E-state index in [1.807, 2.05) is 5.57 Å². The number of hydrogen-bond donors (Lipinski definition) is 0. The molecule has 4 aliphatic rings. The first-order chi connectivity index (χ1) is 13.3. The molecule has 2 saturated carbocycles. The zero-order valence-electron chi connectivity index (χ0n) is 19.4. The Kier molecular flexibility index (Phi) is 5.47. The number of fused-ring (bicyclic) bond motifs is 5. The normalized spacial score (nSPS) is 44.8. The van der Waals surface area contributed by atoms with Crippen molar-refractivity contribution in [1.29, 1.82) is 0 Å². The summed E-state index contributed by atoms with van der Waals surface area (Å²) < 4.78 is 0. The van der Waals surface area contributed by atoms with Crippen molar-refractivity contribution in [1.82, 2.24) is 0 Å². The van der Waals surface area contributed by atoms with Crippen molar-refractivity contribution in [3.63, 3.8) is 0 Å². The lowest BCUT2D eigenvalue weighted by Gasteiger charge is -2.56. The monoisotopic (exact) mass is 380 g/mol. The van der Waals surface area contributed by atoms with Crippen molar-refractivity contribution in [2.75, 3.05) is 0 Å². The number of hydrogen-bond acceptors (Lipinski definition) is 0. The molecule has 0 N–H and O–H groups in total. The van der Waals surface area contributed by atoms with Gasteiger partial charge in [-0.25, -0.2) is 0 Å². The van der Waals surface area contributed by atoms with Crippen LogP contribution in [0.2, 0.25) is 0 Å². The van der Waals surface area contributed by atoms with Crippen molar-refractivity contribution < 1.29 is 0 Å². The third kappa shape index (κ3) is 3.18. The van der Waals surface area contributed by atoms with Crippen molar-refractivity contribution >= 4 is 0 Å². The summed E-state index contributed by atoms with van der Waals surface area (Å²) in [6.07, 6.45) is 22.5. The second-order valence-electron chi connectivity index (χ2n) is 11.7. The Labute approximate surface area is 175 Å². The van der Waals surface area contributed by atoms with E-state index in [9.17, 15) is 0 Å². The smallest absolute Gasteiger partial charge is 0.0140 e. The van der Waals surface area contributed by atoms with Crippen LogP contribution in [0.15, 0.2) is 36.0 Å². The standard InChI is InChI=1S/C28H44/c1-19(2)20(3)10-11-21(4)24-14-15-25-23-13-12-22-9-7-8-17-27(22,5)26(23)16-18-28(24,25)6/h7-8,10-11,13,19-22,24-26H,9,12,14-18H2,1-6H3/b11-10+/t20-,21+,22+,24-,25+,26+,27+,28+/m0/s1. The van der Waals surface area contributed by atoms with E-state index in [1.54, 1.807) is 0 Å². The Morgan fingerprint density at radius 1 is 0.893 bits per heavy atom. The van der Waals surface area contributed by atoms with Gasteiger partial charge in [0.05, 0.1) is 0 Å². The summed E-state index contributed by atoms with van der Waals surface area (Å²) >= 11 is 0. The highest BCUT2D eigenvalue weighted by Crippen LogP contribution is 2.66. The lowest BCUT2D eigenvalue weighted by molar-refractivity contribution is 0.0172. The van der Waals surface area contributed by atoms with Crippen LogP contribution in [0, 0.1) is 52.3 Å². The van der Waals surface area contributed by atoms with Crippen LogP contribution in [-0.4, -0.2) is 0 Å². The SMILES string of the molecule is CC(C)[C@@H](C)/C=C/[C@@H](C)[C@@H]1CC[C@@H]2C3=CC[C@H]4CC=CC[C@@]4(C)[C@@H]3CC[C@@]21C. The fourth-order valence-electron chi connectivity index (χ4n) is 7.71. The van der Waals surface area contributed by atoms with E-state index in [1.165, 1.54) is 44.9 Å². The van der Waals surface area contributed by atoms with Gasteiger partial charge in [-0.05, 0) is 97.2 Å². The number of allylic oxidation sites excluding steroid dienone is 6. The summed E-state index contributed by atoms with van der Waals surface area (Å²) in [5.41, 5.74) is 2.97. The maximum atomic E-state index is 2.74. The Hall–Kier alpha value is -0.780. The molecule has 0 amide bonds. The van der Waals surface area contributed by atoms with E-state index in [0.29, 0.717) is 16.7 Å². The van der Waals surface area contributed by atoms with Crippen LogP contribution in [-0.2, 0) is 0 Å². The Morgan fingerprint density at radius 2 is 1.64 bits per heavy atom. The highest BCUT2D eigenvalue weighted by atomic mass is 14.6. The summed E-state index contributed by atoms with van der Waals surface area (Å²) in [6, 6.07) is 0. The first-order valence-corrected chi connectivity index (χ1v) is 12.3. The average molecular weight is 381 g/mol. The van der Waals surface area contributed by atoms with Crippen LogP contribution in [0.1, 0.15) is 86.5 Å². The second kappa shape index (κ2) is 7.48. The van der Waals surface area contributed by atoms with E-state index in [0.717, 1.165) is 35.5 Å². The maximum absolute atomic E-state index is 2.74. The molecule has 4 rings (SSSR count). The molecule has 28 heavy (non-hydrogen) atoms. The molecule has 0 heterocycles. The van der Waals surface area contributed by atoms with Gasteiger partial charge in [0.15, 0.2) is 0 Å². The van der Waals surface area contributed by atoms with E-state index in [4.69, 9.17) is 0 Å². The van der Waals surface area contributed by atoms with Crippen LogP contribution in [0.25, 0.3) is 0 Å². The van der Waals surface area contributed by atoms with Crippen LogP contribution in [0.3, 0.4) is 0 Å². The third-order valence-electron chi connectivity index (χ3n) is 10.1. The van der Waals surface area contributed by atoms with E-state index in [2.05, 4.69) is 71.9 Å². The summed E-state index contributed by atoms with van der Waals surface area (Å²) in [6.45, 7) is 14.9. The lowest BCUT2D eigenvalue weighted by Crippen LogP contribution is -2.47. The van der Waals surface area contributed by atoms with Gasteiger partial charge < -0.3 is 0 Å². The zero-order chi connectivity index (χ0) is 20.1. The summed E-state index contributed by atoms with van der Waals surface area (Å²) in [4.78, 5) is 0. The molecule has 0 aromatic rings. The Balaban J connectivity index is 1.55. The molecule has 0 aliphatic heterocycles.